The molecule has 0 bridgehead atoms. The van der Waals surface area contributed by atoms with Crippen LogP contribution >= 0.6 is 11.3 Å². The third-order valence-electron chi connectivity index (χ3n) is 5.25. The van der Waals surface area contributed by atoms with Gasteiger partial charge in [0.15, 0.2) is 0 Å². The van der Waals surface area contributed by atoms with Crippen LogP contribution in [0, 0.1) is 11.8 Å². The molecule has 1 aromatic heterocycles. The molecule has 3 unspecified atom stereocenters. The summed E-state index contributed by atoms with van der Waals surface area (Å²) in [5.41, 5.74) is 8.55. The zero-order chi connectivity index (χ0) is 14.6. The van der Waals surface area contributed by atoms with Crippen molar-refractivity contribution < 1.29 is 0 Å². The van der Waals surface area contributed by atoms with E-state index in [-0.39, 0.29) is 4.87 Å². The number of aryl methyl sites for hydroxylation is 1. The number of rotatable bonds is 2. The Bertz CT molecular complexity index is 735. The second-order valence-corrected chi connectivity index (χ2v) is 7.58. The second kappa shape index (κ2) is 4.93. The standard InChI is InChI=1S/C16H21N3OS/c1-18-14-5-2-10(6-15(14)21-16(18)20)7-19-8-11-3-4-13(17)12(11)9-19/h2,5-6,11-13H,3-4,7-9,17H2,1H3. The number of nitrogens with two attached hydrogens (primary N) is 1. The summed E-state index contributed by atoms with van der Waals surface area (Å²) in [4.78, 5) is 14.4. The largest absolute Gasteiger partial charge is 0.327 e. The van der Waals surface area contributed by atoms with Gasteiger partial charge in [-0.25, -0.2) is 0 Å². The molecule has 1 saturated carbocycles. The van der Waals surface area contributed by atoms with E-state index in [4.69, 9.17) is 5.73 Å². The van der Waals surface area contributed by atoms with Gasteiger partial charge in [-0.3, -0.25) is 9.69 Å². The number of benzene rings is 1. The first kappa shape index (κ1) is 13.5. The van der Waals surface area contributed by atoms with Crippen LogP contribution in [0.3, 0.4) is 0 Å². The summed E-state index contributed by atoms with van der Waals surface area (Å²) in [6.07, 6.45) is 2.49. The maximum Gasteiger partial charge on any atom is 0.307 e. The third-order valence-corrected chi connectivity index (χ3v) is 6.25. The predicted molar refractivity (Wildman–Crippen MR) is 86.5 cm³/mol. The van der Waals surface area contributed by atoms with Crippen molar-refractivity contribution >= 4 is 21.6 Å². The van der Waals surface area contributed by atoms with Gasteiger partial charge < -0.3 is 10.3 Å². The van der Waals surface area contributed by atoms with Crippen LogP contribution in [0.1, 0.15) is 18.4 Å². The molecule has 2 aliphatic rings. The maximum absolute atomic E-state index is 11.7. The minimum absolute atomic E-state index is 0.115. The molecule has 0 radical (unpaired) electrons. The topological polar surface area (TPSA) is 51.3 Å². The summed E-state index contributed by atoms with van der Waals surface area (Å²) in [6.45, 7) is 3.29. The summed E-state index contributed by atoms with van der Waals surface area (Å²) < 4.78 is 2.82. The lowest BCUT2D eigenvalue weighted by atomic mass is 9.98. The fourth-order valence-corrected chi connectivity index (χ4v) is 5.01. The van der Waals surface area contributed by atoms with E-state index in [1.165, 1.54) is 36.3 Å². The van der Waals surface area contributed by atoms with Crippen molar-refractivity contribution in [1.29, 1.82) is 0 Å². The second-order valence-electron chi connectivity index (χ2n) is 6.59. The van der Waals surface area contributed by atoms with Crippen molar-refractivity contribution in [3.05, 3.63) is 33.4 Å². The summed E-state index contributed by atoms with van der Waals surface area (Å²) in [7, 11) is 1.84. The van der Waals surface area contributed by atoms with Gasteiger partial charge in [0.05, 0.1) is 10.2 Å². The Morgan fingerprint density at radius 3 is 3.00 bits per heavy atom. The molecule has 3 atom stereocenters. The van der Waals surface area contributed by atoms with Crippen molar-refractivity contribution in [3.8, 4) is 0 Å². The minimum Gasteiger partial charge on any atom is -0.327 e. The summed E-state index contributed by atoms with van der Waals surface area (Å²) in [5.74, 6) is 1.50. The van der Waals surface area contributed by atoms with E-state index < -0.39 is 0 Å². The lowest BCUT2D eigenvalue weighted by Crippen LogP contribution is -2.30. The summed E-state index contributed by atoms with van der Waals surface area (Å²) in [5, 5.41) is 0. The maximum atomic E-state index is 11.7. The normalized spacial score (nSPS) is 29.3. The molecule has 112 valence electrons. The Morgan fingerprint density at radius 2 is 2.19 bits per heavy atom. The Labute approximate surface area is 128 Å². The number of fused-ring (bicyclic) bond motifs is 2. The molecule has 2 aromatic rings. The fourth-order valence-electron chi connectivity index (χ4n) is 4.06. The summed E-state index contributed by atoms with van der Waals surface area (Å²) >= 11 is 1.34. The van der Waals surface area contributed by atoms with Crippen LogP contribution in [-0.2, 0) is 13.6 Å². The van der Waals surface area contributed by atoms with Crippen LogP contribution in [0.4, 0.5) is 0 Å². The highest BCUT2D eigenvalue weighted by Gasteiger charge is 2.40. The van der Waals surface area contributed by atoms with Crippen LogP contribution in [-0.4, -0.2) is 28.6 Å². The van der Waals surface area contributed by atoms with Gasteiger partial charge in [0.2, 0.25) is 0 Å². The molecule has 1 aliphatic carbocycles. The molecule has 0 spiro atoms. The van der Waals surface area contributed by atoms with Crippen LogP contribution in [0.2, 0.25) is 0 Å². The van der Waals surface area contributed by atoms with Crippen molar-refractivity contribution in [1.82, 2.24) is 9.47 Å². The third kappa shape index (κ3) is 2.24. The molecule has 0 amide bonds. The van der Waals surface area contributed by atoms with Crippen molar-refractivity contribution in [2.75, 3.05) is 13.1 Å². The van der Waals surface area contributed by atoms with Crippen LogP contribution in [0.15, 0.2) is 23.0 Å². The van der Waals surface area contributed by atoms with Gasteiger partial charge in [-0.1, -0.05) is 17.4 Å². The van der Waals surface area contributed by atoms with E-state index in [9.17, 15) is 4.79 Å². The van der Waals surface area contributed by atoms with Gasteiger partial charge in [0.25, 0.3) is 0 Å². The van der Waals surface area contributed by atoms with E-state index in [0.29, 0.717) is 12.0 Å². The minimum atomic E-state index is 0.115. The van der Waals surface area contributed by atoms with Gasteiger partial charge in [-0.2, -0.15) is 0 Å². The average Bonchev–Trinajstić information content (AvgIpc) is 3.08. The Morgan fingerprint density at radius 1 is 1.33 bits per heavy atom. The Hall–Kier alpha value is -1.17. The first-order valence-electron chi connectivity index (χ1n) is 7.68. The molecular weight excluding hydrogens is 282 g/mol. The Kier molecular flexibility index (Phi) is 3.17. The van der Waals surface area contributed by atoms with Crippen molar-refractivity contribution in [2.45, 2.75) is 25.4 Å². The van der Waals surface area contributed by atoms with Gasteiger partial charge >= 0.3 is 4.87 Å². The van der Waals surface area contributed by atoms with Crippen molar-refractivity contribution in [2.24, 2.45) is 24.6 Å². The van der Waals surface area contributed by atoms with Gasteiger partial charge in [0.1, 0.15) is 0 Å². The average molecular weight is 303 g/mol. The molecule has 1 aliphatic heterocycles. The monoisotopic (exact) mass is 303 g/mol. The molecule has 5 heteroatoms. The number of hydrogen-bond acceptors (Lipinski definition) is 4. The molecule has 21 heavy (non-hydrogen) atoms. The molecule has 4 nitrogen and oxygen atoms in total. The molecule has 1 aromatic carbocycles. The van der Waals surface area contributed by atoms with E-state index in [2.05, 4.69) is 23.1 Å². The van der Waals surface area contributed by atoms with E-state index in [1.807, 2.05) is 7.05 Å². The number of thiazole rings is 1. The molecule has 2 heterocycles. The van der Waals surface area contributed by atoms with E-state index in [1.54, 1.807) is 4.57 Å². The number of nitrogens with zero attached hydrogens (tertiary/aromatic N) is 2. The number of hydrogen-bond donors (Lipinski definition) is 1. The van der Waals surface area contributed by atoms with Crippen LogP contribution < -0.4 is 10.6 Å². The van der Waals surface area contributed by atoms with Gasteiger partial charge in [0, 0.05) is 32.7 Å². The lowest BCUT2D eigenvalue weighted by molar-refractivity contribution is 0.298. The highest BCUT2D eigenvalue weighted by molar-refractivity contribution is 7.16. The molecule has 4 rings (SSSR count). The quantitative estimate of drug-likeness (QED) is 0.920. The van der Waals surface area contributed by atoms with Gasteiger partial charge in [-0.15, -0.1) is 0 Å². The molecular formula is C16H21N3OS. The van der Waals surface area contributed by atoms with E-state index >= 15 is 0 Å². The smallest absolute Gasteiger partial charge is 0.307 e. The SMILES string of the molecule is Cn1c(=O)sc2cc(CN3CC4CCC(N)C4C3)ccc21. The fraction of sp³-hybridized carbons (Fsp3) is 0.562. The van der Waals surface area contributed by atoms with Crippen molar-refractivity contribution in [3.63, 3.8) is 0 Å². The zero-order valence-corrected chi connectivity index (χ0v) is 13.1. The molecule has 2 N–H and O–H groups in total. The predicted octanol–water partition coefficient (Wildman–Crippen LogP) is 1.77. The molecule has 2 fully saturated rings. The van der Waals surface area contributed by atoms with Gasteiger partial charge in [-0.05, 0) is 42.4 Å². The summed E-state index contributed by atoms with van der Waals surface area (Å²) in [6, 6.07) is 6.81. The molecule has 1 saturated heterocycles. The first-order valence-corrected chi connectivity index (χ1v) is 8.50. The van der Waals surface area contributed by atoms with Crippen LogP contribution in [0.5, 0.6) is 0 Å². The highest BCUT2D eigenvalue weighted by atomic mass is 32.1. The number of likely N-dealkylation sites (tertiary alicyclic amines) is 1. The van der Waals surface area contributed by atoms with E-state index in [0.717, 1.165) is 29.2 Å². The Balaban J connectivity index is 1.54. The first-order chi connectivity index (χ1) is 10.1. The highest BCUT2D eigenvalue weighted by Crippen LogP contribution is 2.37. The lowest BCUT2D eigenvalue weighted by Gasteiger charge is -2.18. The number of aromatic nitrogens is 1. The zero-order valence-electron chi connectivity index (χ0n) is 12.3. The van der Waals surface area contributed by atoms with Crippen LogP contribution in [0.25, 0.3) is 10.2 Å².